The summed E-state index contributed by atoms with van der Waals surface area (Å²) in [6.45, 7) is 0.439. The van der Waals surface area contributed by atoms with Gasteiger partial charge in [-0.2, -0.15) is 26.3 Å². The summed E-state index contributed by atoms with van der Waals surface area (Å²) >= 11 is 17.3. The van der Waals surface area contributed by atoms with E-state index in [1.165, 1.54) is 0 Å². The number of benzene rings is 2. The van der Waals surface area contributed by atoms with Crippen molar-refractivity contribution in [1.29, 1.82) is 0 Å². The van der Waals surface area contributed by atoms with Gasteiger partial charge in [0, 0.05) is 24.2 Å². The Bertz CT molecular complexity index is 1110. The Balaban J connectivity index is 2.46. The highest BCUT2D eigenvalue weighted by Crippen LogP contribution is 2.42. The molecule has 0 aliphatic rings. The Morgan fingerprint density at radius 1 is 1.03 bits per heavy atom. The fourth-order valence-corrected chi connectivity index (χ4v) is 3.76. The summed E-state index contributed by atoms with van der Waals surface area (Å²) in [4.78, 5) is 14.1. The fraction of sp³-hybridized carbons (Fsp3) is 0.348. The highest BCUT2D eigenvalue weighted by atomic mass is 35.5. The smallest absolute Gasteiger partial charge is 0.308 e. The Kier molecular flexibility index (Phi) is 10.2. The maximum Gasteiger partial charge on any atom is 0.417 e. The number of likely N-dealkylation sites (N-methyl/N-ethyl adjacent to an activating group) is 1. The van der Waals surface area contributed by atoms with E-state index >= 15 is 0 Å². The van der Waals surface area contributed by atoms with Crippen molar-refractivity contribution >= 4 is 46.4 Å². The zero-order chi connectivity index (χ0) is 27.4. The summed E-state index contributed by atoms with van der Waals surface area (Å²) in [7, 11) is 3.54. The summed E-state index contributed by atoms with van der Waals surface area (Å²) in [6.07, 6.45) is -10.00. The molecule has 0 spiro atoms. The van der Waals surface area contributed by atoms with Crippen LogP contribution in [0.25, 0.3) is 5.83 Å². The molecule has 3 nitrogen and oxygen atoms in total. The second-order valence-electron chi connectivity index (χ2n) is 7.99. The van der Waals surface area contributed by atoms with E-state index < -0.39 is 58.7 Å². The molecule has 13 heteroatoms. The van der Waals surface area contributed by atoms with E-state index in [2.05, 4.69) is 5.32 Å². The number of carbonyl (C=O) groups excluding carboxylic acids is 1. The average Bonchev–Trinajstić information content (AvgIpc) is 2.76. The topological polar surface area (TPSA) is 32.3 Å². The molecule has 0 saturated heterocycles. The van der Waals surface area contributed by atoms with Crippen molar-refractivity contribution in [2.75, 3.05) is 33.7 Å². The number of nitrogens with zero attached hydrogens (tertiary/aromatic N) is 1. The Hall–Kier alpha value is -1.85. The van der Waals surface area contributed by atoms with E-state index in [4.69, 9.17) is 34.8 Å². The third kappa shape index (κ3) is 8.08. The number of allylic oxidation sites excluding steroid dienone is 1. The maximum atomic E-state index is 14.9. The van der Waals surface area contributed by atoms with E-state index in [1.54, 1.807) is 19.0 Å². The van der Waals surface area contributed by atoms with Gasteiger partial charge in [-0.15, -0.1) is 0 Å². The minimum Gasteiger partial charge on any atom is -0.308 e. The molecular formula is C23H20Cl3F7N2O. The molecule has 0 radical (unpaired) electrons. The molecule has 198 valence electrons. The molecule has 36 heavy (non-hydrogen) atoms. The van der Waals surface area contributed by atoms with E-state index in [-0.39, 0.29) is 21.1 Å². The van der Waals surface area contributed by atoms with E-state index in [1.807, 2.05) is 0 Å². The molecule has 2 aromatic rings. The summed E-state index contributed by atoms with van der Waals surface area (Å²) in [5.41, 5.74) is -3.56. The van der Waals surface area contributed by atoms with Gasteiger partial charge in [-0.25, -0.2) is 4.39 Å². The number of nitrogens with one attached hydrogen (secondary N) is 1. The van der Waals surface area contributed by atoms with Crippen LogP contribution in [0.5, 0.6) is 0 Å². The fourth-order valence-electron chi connectivity index (χ4n) is 3.15. The first-order valence-electron chi connectivity index (χ1n) is 10.2. The summed E-state index contributed by atoms with van der Waals surface area (Å²) < 4.78 is 97.0. The number of ketones is 1. The lowest BCUT2D eigenvalue weighted by atomic mass is 9.95. The van der Waals surface area contributed by atoms with Gasteiger partial charge in [0.15, 0.2) is 5.78 Å². The van der Waals surface area contributed by atoms with Gasteiger partial charge in [0.05, 0.1) is 27.2 Å². The monoisotopic (exact) mass is 578 g/mol. The Morgan fingerprint density at radius 3 is 2.11 bits per heavy atom. The molecule has 1 atom stereocenters. The molecule has 2 aromatic carbocycles. The van der Waals surface area contributed by atoms with Crippen molar-refractivity contribution in [2.24, 2.45) is 0 Å². The molecule has 1 unspecified atom stereocenters. The molecule has 0 aromatic heterocycles. The lowest BCUT2D eigenvalue weighted by Gasteiger charge is -2.19. The molecule has 1 N–H and O–H groups in total. The highest BCUT2D eigenvalue weighted by molar-refractivity contribution is 6.48. The van der Waals surface area contributed by atoms with Crippen LogP contribution in [0.2, 0.25) is 15.1 Å². The van der Waals surface area contributed by atoms with Crippen LogP contribution >= 0.6 is 34.8 Å². The van der Waals surface area contributed by atoms with Gasteiger partial charge in [-0.3, -0.25) is 4.79 Å². The SMILES string of the molecule is CN(C)CCNCC(=O)c1ccc(/C(F)=C/C(c2cc(Cl)c(Cl)c(Cl)c2)C(F)(F)F)cc1C(F)(F)F. The van der Waals surface area contributed by atoms with Gasteiger partial charge in [-0.05, 0) is 43.9 Å². The number of rotatable bonds is 9. The van der Waals surface area contributed by atoms with Crippen molar-refractivity contribution in [2.45, 2.75) is 18.3 Å². The third-order valence-corrected chi connectivity index (χ3v) is 6.15. The van der Waals surface area contributed by atoms with Crippen LogP contribution in [-0.2, 0) is 6.18 Å². The maximum absolute atomic E-state index is 14.9. The summed E-state index contributed by atoms with van der Waals surface area (Å²) in [5.74, 6) is -5.09. The van der Waals surface area contributed by atoms with Gasteiger partial charge >= 0.3 is 12.4 Å². The normalized spacial score (nSPS) is 13.9. The lowest BCUT2D eigenvalue weighted by Crippen LogP contribution is -2.31. The van der Waals surface area contributed by atoms with Crippen molar-refractivity contribution in [3.8, 4) is 0 Å². The van der Waals surface area contributed by atoms with Crippen LogP contribution in [0.1, 0.15) is 33.0 Å². The quantitative estimate of drug-likeness (QED) is 0.143. The predicted octanol–water partition coefficient (Wildman–Crippen LogP) is 7.66. The highest BCUT2D eigenvalue weighted by Gasteiger charge is 2.41. The van der Waals surface area contributed by atoms with Gasteiger partial charge in [0.25, 0.3) is 0 Å². The summed E-state index contributed by atoms with van der Waals surface area (Å²) in [6, 6.07) is 3.52. The van der Waals surface area contributed by atoms with E-state index in [0.29, 0.717) is 19.2 Å². The van der Waals surface area contributed by atoms with Crippen LogP contribution in [0.3, 0.4) is 0 Å². The molecule has 0 amide bonds. The van der Waals surface area contributed by atoms with Gasteiger partial charge in [0.2, 0.25) is 0 Å². The van der Waals surface area contributed by atoms with Gasteiger partial charge in [-0.1, -0.05) is 46.9 Å². The molecule has 2 rings (SSSR count). The van der Waals surface area contributed by atoms with Crippen LogP contribution in [0, 0.1) is 0 Å². The molecule has 0 heterocycles. The first kappa shape index (κ1) is 30.4. The zero-order valence-corrected chi connectivity index (χ0v) is 21.1. The van der Waals surface area contributed by atoms with Crippen LogP contribution in [0.15, 0.2) is 36.4 Å². The number of alkyl halides is 6. The Morgan fingerprint density at radius 2 is 1.61 bits per heavy atom. The first-order chi connectivity index (χ1) is 16.5. The molecular weight excluding hydrogens is 560 g/mol. The standard InChI is InChI=1S/C23H20Cl3F7N2O/c1-35(2)6-5-34-11-20(36)14-4-3-12(7-16(14)23(31,32)33)19(27)10-15(22(28,29)30)13-8-17(24)21(26)18(25)9-13/h3-4,7-10,15,34H,5-6,11H2,1-2H3/b19-10-. The van der Waals surface area contributed by atoms with Crippen molar-refractivity contribution in [1.82, 2.24) is 10.2 Å². The molecule has 0 bridgehead atoms. The van der Waals surface area contributed by atoms with Crippen LogP contribution in [-0.4, -0.2) is 50.6 Å². The number of halogens is 10. The van der Waals surface area contributed by atoms with E-state index in [0.717, 1.165) is 24.3 Å². The van der Waals surface area contributed by atoms with Gasteiger partial charge in [0.1, 0.15) is 11.7 Å². The number of carbonyl (C=O) groups is 1. The summed E-state index contributed by atoms with van der Waals surface area (Å²) in [5, 5.41) is 1.86. The van der Waals surface area contributed by atoms with Gasteiger partial charge < -0.3 is 10.2 Å². The zero-order valence-electron chi connectivity index (χ0n) is 18.8. The predicted molar refractivity (Wildman–Crippen MR) is 127 cm³/mol. The third-order valence-electron chi connectivity index (χ3n) is 4.95. The lowest BCUT2D eigenvalue weighted by molar-refractivity contribution is -0.140. The second kappa shape index (κ2) is 12.1. The number of hydrogen-bond acceptors (Lipinski definition) is 3. The van der Waals surface area contributed by atoms with E-state index in [9.17, 15) is 35.5 Å². The molecule has 0 aliphatic carbocycles. The van der Waals surface area contributed by atoms with Crippen molar-refractivity contribution in [3.63, 3.8) is 0 Å². The Labute approximate surface area is 217 Å². The van der Waals surface area contributed by atoms with Crippen LogP contribution < -0.4 is 5.32 Å². The second-order valence-corrected chi connectivity index (χ2v) is 9.19. The largest absolute Gasteiger partial charge is 0.417 e. The minimum atomic E-state index is -5.06. The molecule has 0 saturated carbocycles. The molecule has 0 fully saturated rings. The first-order valence-corrected chi connectivity index (χ1v) is 11.3. The van der Waals surface area contributed by atoms with Crippen molar-refractivity contribution < 1.29 is 35.5 Å². The average molecular weight is 580 g/mol. The number of hydrogen-bond donors (Lipinski definition) is 1. The minimum absolute atomic E-state index is 0.107. The van der Waals surface area contributed by atoms with Crippen LogP contribution in [0.4, 0.5) is 30.7 Å². The molecule has 0 aliphatic heterocycles. The number of Topliss-reactive ketones (excluding diaryl/α,β-unsaturated/α-hetero) is 1. The van der Waals surface area contributed by atoms with Crippen molar-refractivity contribution in [3.05, 3.63) is 73.7 Å².